The molecule has 100 valence electrons. The second-order valence-electron chi connectivity index (χ2n) is 3.62. The van der Waals surface area contributed by atoms with E-state index in [1.165, 1.54) is 25.4 Å². The number of methoxy groups -OCH3 is 1. The van der Waals surface area contributed by atoms with Gasteiger partial charge < -0.3 is 4.74 Å². The number of benzene rings is 1. The molecule has 0 fully saturated rings. The number of nitrogens with zero attached hydrogens (tertiary/aromatic N) is 1. The van der Waals surface area contributed by atoms with Crippen LogP contribution >= 0.6 is 15.9 Å². The van der Waals surface area contributed by atoms with Crippen molar-refractivity contribution in [1.29, 1.82) is 0 Å². The van der Waals surface area contributed by atoms with E-state index in [0.717, 1.165) is 0 Å². The number of ether oxygens (including phenoxy) is 1. The summed E-state index contributed by atoms with van der Waals surface area (Å²) in [6.45, 7) is 0. The second-order valence-corrected chi connectivity index (χ2v) is 6.22. The third-order valence-electron chi connectivity index (χ3n) is 2.32. The Labute approximate surface area is 119 Å². The summed E-state index contributed by atoms with van der Waals surface area (Å²) in [5, 5.41) is 0. The van der Waals surface area contributed by atoms with E-state index in [9.17, 15) is 8.42 Å². The quantitative estimate of drug-likeness (QED) is 0.927. The van der Waals surface area contributed by atoms with Gasteiger partial charge in [-0.05, 0) is 30.3 Å². The fraction of sp³-hybridized carbons (Fsp3) is 0.0833. The zero-order valence-corrected chi connectivity index (χ0v) is 12.4. The molecule has 0 radical (unpaired) electrons. The number of hydrogen-bond acceptors (Lipinski definition) is 4. The van der Waals surface area contributed by atoms with Crippen LogP contribution in [0.1, 0.15) is 0 Å². The first-order valence-corrected chi connectivity index (χ1v) is 7.58. The van der Waals surface area contributed by atoms with Crippen molar-refractivity contribution in [3.63, 3.8) is 0 Å². The number of pyridine rings is 1. The van der Waals surface area contributed by atoms with E-state index in [4.69, 9.17) is 4.74 Å². The molecule has 1 heterocycles. The molecule has 0 atom stereocenters. The summed E-state index contributed by atoms with van der Waals surface area (Å²) < 4.78 is 32.6. The molecule has 0 saturated heterocycles. The van der Waals surface area contributed by atoms with Gasteiger partial charge in [0.05, 0.1) is 12.0 Å². The number of halogens is 1. The van der Waals surface area contributed by atoms with Crippen LogP contribution in [0.2, 0.25) is 0 Å². The molecule has 2 rings (SSSR count). The number of nitrogens with one attached hydrogen (secondary N) is 1. The minimum atomic E-state index is -3.67. The van der Waals surface area contributed by atoms with Gasteiger partial charge in [0.1, 0.15) is 5.69 Å². The van der Waals surface area contributed by atoms with Crippen LogP contribution in [0.25, 0.3) is 0 Å². The highest BCUT2D eigenvalue weighted by atomic mass is 79.9. The van der Waals surface area contributed by atoms with Crippen LogP contribution in [-0.4, -0.2) is 20.5 Å². The van der Waals surface area contributed by atoms with Crippen LogP contribution < -0.4 is 9.46 Å². The van der Waals surface area contributed by atoms with Gasteiger partial charge in [0.25, 0.3) is 10.0 Å². The predicted octanol–water partition coefficient (Wildman–Crippen LogP) is 2.65. The Balaban J connectivity index is 2.37. The van der Waals surface area contributed by atoms with Crippen molar-refractivity contribution in [1.82, 2.24) is 4.98 Å². The number of rotatable bonds is 4. The SMILES string of the molecule is COc1ncccc1NS(=O)(=O)c1cccc(Br)c1. The molecule has 0 bridgehead atoms. The maximum absolute atomic E-state index is 12.2. The lowest BCUT2D eigenvalue weighted by molar-refractivity contribution is 0.400. The number of sulfonamides is 1. The van der Waals surface area contributed by atoms with E-state index < -0.39 is 10.0 Å². The largest absolute Gasteiger partial charge is 0.480 e. The van der Waals surface area contributed by atoms with Crippen LogP contribution in [-0.2, 0) is 10.0 Å². The molecular formula is C12H11BrN2O3S. The first kappa shape index (κ1) is 13.8. The summed E-state index contributed by atoms with van der Waals surface area (Å²) in [5.41, 5.74) is 0.296. The molecule has 0 aliphatic rings. The Kier molecular flexibility index (Phi) is 4.06. The minimum Gasteiger partial charge on any atom is -0.480 e. The van der Waals surface area contributed by atoms with Crippen LogP contribution in [0.3, 0.4) is 0 Å². The van der Waals surface area contributed by atoms with Crippen molar-refractivity contribution < 1.29 is 13.2 Å². The number of aromatic nitrogens is 1. The molecule has 1 N–H and O–H groups in total. The highest BCUT2D eigenvalue weighted by molar-refractivity contribution is 9.10. The fourth-order valence-corrected chi connectivity index (χ4v) is 3.12. The number of anilines is 1. The Hall–Kier alpha value is -1.60. The van der Waals surface area contributed by atoms with E-state index in [-0.39, 0.29) is 10.8 Å². The maximum atomic E-state index is 12.2. The molecule has 2 aromatic rings. The van der Waals surface area contributed by atoms with Crippen molar-refractivity contribution in [2.24, 2.45) is 0 Å². The van der Waals surface area contributed by atoms with Crippen LogP contribution in [0, 0.1) is 0 Å². The summed E-state index contributed by atoms with van der Waals surface area (Å²) in [6, 6.07) is 9.65. The molecule has 7 heteroatoms. The summed E-state index contributed by atoms with van der Waals surface area (Å²) in [4.78, 5) is 4.09. The van der Waals surface area contributed by atoms with Gasteiger partial charge in [0.2, 0.25) is 5.88 Å². The molecule has 19 heavy (non-hydrogen) atoms. The van der Waals surface area contributed by atoms with E-state index >= 15 is 0 Å². The van der Waals surface area contributed by atoms with Crippen LogP contribution in [0.5, 0.6) is 5.88 Å². The van der Waals surface area contributed by atoms with Gasteiger partial charge in [-0.3, -0.25) is 4.72 Å². The van der Waals surface area contributed by atoms with Crippen molar-refractivity contribution in [3.8, 4) is 5.88 Å². The van der Waals surface area contributed by atoms with Crippen molar-refractivity contribution in [2.45, 2.75) is 4.90 Å². The van der Waals surface area contributed by atoms with Gasteiger partial charge in [-0.25, -0.2) is 13.4 Å². The summed E-state index contributed by atoms with van der Waals surface area (Å²) in [6.07, 6.45) is 1.52. The van der Waals surface area contributed by atoms with Crippen molar-refractivity contribution in [2.75, 3.05) is 11.8 Å². The van der Waals surface area contributed by atoms with Gasteiger partial charge in [0, 0.05) is 10.7 Å². The highest BCUT2D eigenvalue weighted by Crippen LogP contribution is 2.24. The van der Waals surface area contributed by atoms with Crippen molar-refractivity contribution in [3.05, 3.63) is 47.1 Å². The van der Waals surface area contributed by atoms with Crippen LogP contribution in [0.4, 0.5) is 5.69 Å². The van der Waals surface area contributed by atoms with Gasteiger partial charge in [0.15, 0.2) is 0 Å². The number of hydrogen-bond donors (Lipinski definition) is 1. The normalized spacial score (nSPS) is 11.1. The highest BCUT2D eigenvalue weighted by Gasteiger charge is 2.16. The average molecular weight is 343 g/mol. The Bertz CT molecular complexity index is 689. The molecule has 0 spiro atoms. The first-order valence-electron chi connectivity index (χ1n) is 5.30. The zero-order valence-electron chi connectivity index (χ0n) is 10.00. The Morgan fingerprint density at radius 3 is 2.74 bits per heavy atom. The topological polar surface area (TPSA) is 68.3 Å². The lowest BCUT2D eigenvalue weighted by Crippen LogP contribution is -2.13. The first-order chi connectivity index (χ1) is 9.03. The second kappa shape index (κ2) is 5.58. The Morgan fingerprint density at radius 1 is 1.26 bits per heavy atom. The summed E-state index contributed by atoms with van der Waals surface area (Å²) in [7, 11) is -2.24. The zero-order chi connectivity index (χ0) is 13.9. The third-order valence-corrected chi connectivity index (χ3v) is 4.17. The maximum Gasteiger partial charge on any atom is 0.262 e. The lowest BCUT2D eigenvalue weighted by atomic mass is 10.4. The average Bonchev–Trinajstić information content (AvgIpc) is 2.39. The monoisotopic (exact) mass is 342 g/mol. The minimum absolute atomic E-state index is 0.160. The molecule has 1 aromatic heterocycles. The third kappa shape index (κ3) is 3.24. The van der Waals surface area contributed by atoms with Crippen molar-refractivity contribution >= 4 is 31.6 Å². The molecular weight excluding hydrogens is 332 g/mol. The molecule has 0 amide bonds. The van der Waals surface area contributed by atoms with Gasteiger partial charge in [-0.2, -0.15) is 0 Å². The summed E-state index contributed by atoms with van der Waals surface area (Å²) in [5.74, 6) is 0.223. The fourth-order valence-electron chi connectivity index (χ4n) is 1.47. The predicted molar refractivity (Wildman–Crippen MR) is 75.7 cm³/mol. The van der Waals surface area contributed by atoms with Gasteiger partial charge in [-0.15, -0.1) is 0 Å². The molecule has 0 aliphatic carbocycles. The molecule has 1 aromatic carbocycles. The van der Waals surface area contributed by atoms with Crippen LogP contribution in [0.15, 0.2) is 52.0 Å². The van der Waals surface area contributed by atoms with Gasteiger partial charge >= 0.3 is 0 Å². The van der Waals surface area contributed by atoms with E-state index in [1.54, 1.807) is 24.3 Å². The Morgan fingerprint density at radius 2 is 2.05 bits per heavy atom. The molecule has 5 nitrogen and oxygen atoms in total. The van der Waals surface area contributed by atoms with Gasteiger partial charge in [-0.1, -0.05) is 22.0 Å². The summed E-state index contributed by atoms with van der Waals surface area (Å²) >= 11 is 3.24. The molecule has 0 aliphatic heterocycles. The van der Waals surface area contributed by atoms with E-state index in [0.29, 0.717) is 10.2 Å². The molecule has 0 unspecified atom stereocenters. The standard InChI is InChI=1S/C12H11BrN2O3S/c1-18-12-11(6-3-7-14-12)15-19(16,17)10-5-2-4-9(13)8-10/h2-8,15H,1H3. The van der Waals surface area contributed by atoms with E-state index in [1.807, 2.05) is 0 Å². The molecule has 0 saturated carbocycles. The lowest BCUT2D eigenvalue weighted by Gasteiger charge is -2.10. The van der Waals surface area contributed by atoms with E-state index in [2.05, 4.69) is 25.6 Å². The smallest absolute Gasteiger partial charge is 0.262 e.